The average Bonchev–Trinajstić information content (AvgIpc) is 3.31. The minimum atomic E-state index is -1.19. The van der Waals surface area contributed by atoms with Crippen LogP contribution >= 0.6 is 0 Å². The van der Waals surface area contributed by atoms with Gasteiger partial charge in [0.2, 0.25) is 17.7 Å². The molecule has 44 heavy (non-hydrogen) atoms. The second kappa shape index (κ2) is 10.4. The van der Waals surface area contributed by atoms with E-state index < -0.39 is 39.9 Å². The van der Waals surface area contributed by atoms with Crippen molar-refractivity contribution in [1.29, 1.82) is 0 Å². The maximum Gasteiger partial charge on any atom is 0.293 e. The van der Waals surface area contributed by atoms with Gasteiger partial charge in [0, 0.05) is 24.6 Å². The van der Waals surface area contributed by atoms with Crippen LogP contribution in [0.15, 0.2) is 102 Å². The summed E-state index contributed by atoms with van der Waals surface area (Å²) in [6.45, 7) is 1.72. The number of nitro groups is 1. The van der Waals surface area contributed by atoms with E-state index in [2.05, 4.69) is 10.5 Å². The van der Waals surface area contributed by atoms with Gasteiger partial charge in [-0.1, -0.05) is 84.9 Å². The summed E-state index contributed by atoms with van der Waals surface area (Å²) < 4.78 is 0. The lowest BCUT2D eigenvalue weighted by Gasteiger charge is -2.52. The minimum absolute atomic E-state index is 0.0428. The predicted molar refractivity (Wildman–Crippen MR) is 164 cm³/mol. The Morgan fingerprint density at radius 2 is 1.57 bits per heavy atom. The van der Waals surface area contributed by atoms with Gasteiger partial charge in [-0.15, -0.1) is 0 Å². The lowest BCUT2D eigenvalue weighted by atomic mass is 9.47. The molecule has 218 valence electrons. The van der Waals surface area contributed by atoms with Crippen LogP contribution in [0.3, 0.4) is 0 Å². The number of nitrogens with one attached hydrogen (secondary N) is 1. The SMILES string of the molecule is Cc1ccc(N2C(=O)[C@@H]3[C@@H](C2=O)C2c4ccccc4C3(/C=N\NC(=O)CCc3ccccc3)c3ccccc32)c([N+](=O)[O-])c1. The van der Waals surface area contributed by atoms with E-state index >= 15 is 0 Å². The number of imide groups is 1. The number of rotatable bonds is 7. The Kier molecular flexibility index (Phi) is 6.46. The summed E-state index contributed by atoms with van der Waals surface area (Å²) in [6, 6.07) is 29.5. The summed E-state index contributed by atoms with van der Waals surface area (Å²) >= 11 is 0. The van der Waals surface area contributed by atoms with E-state index in [1.54, 1.807) is 19.2 Å². The lowest BCUT2D eigenvalue weighted by Crippen LogP contribution is -2.54. The molecule has 2 bridgehead atoms. The number of nitro benzene ring substituents is 1. The fourth-order valence-corrected chi connectivity index (χ4v) is 7.42. The van der Waals surface area contributed by atoms with Crippen LogP contribution in [-0.4, -0.2) is 28.9 Å². The summed E-state index contributed by atoms with van der Waals surface area (Å²) in [5.74, 6) is -3.44. The van der Waals surface area contributed by atoms with Crippen LogP contribution in [0.2, 0.25) is 0 Å². The van der Waals surface area contributed by atoms with E-state index in [1.165, 1.54) is 12.1 Å². The molecule has 0 unspecified atom stereocenters. The van der Waals surface area contributed by atoms with Crippen LogP contribution in [-0.2, 0) is 26.2 Å². The van der Waals surface area contributed by atoms with Gasteiger partial charge in [0.15, 0.2) is 0 Å². The zero-order chi connectivity index (χ0) is 30.6. The minimum Gasteiger partial charge on any atom is -0.274 e. The van der Waals surface area contributed by atoms with Crippen LogP contribution in [0.4, 0.5) is 11.4 Å². The third-order valence-electron chi connectivity index (χ3n) is 9.19. The third kappa shape index (κ3) is 4.00. The highest BCUT2D eigenvalue weighted by atomic mass is 16.6. The Morgan fingerprint density at radius 1 is 0.932 bits per heavy atom. The Morgan fingerprint density at radius 3 is 2.23 bits per heavy atom. The third-order valence-corrected chi connectivity index (χ3v) is 9.19. The maximum atomic E-state index is 14.5. The van der Waals surface area contributed by atoms with Gasteiger partial charge in [0.1, 0.15) is 5.69 Å². The molecule has 8 rings (SSSR count). The quantitative estimate of drug-likeness (QED) is 0.139. The number of aryl methyl sites for hydroxylation is 2. The number of hydrazone groups is 1. The maximum absolute atomic E-state index is 14.5. The number of benzene rings is 4. The number of amides is 3. The zero-order valence-corrected chi connectivity index (χ0v) is 23.8. The van der Waals surface area contributed by atoms with Gasteiger partial charge in [0.05, 0.1) is 22.2 Å². The van der Waals surface area contributed by atoms with E-state index in [0.717, 1.165) is 32.7 Å². The fourth-order valence-electron chi connectivity index (χ4n) is 7.42. The normalized spacial score (nSPS) is 22.9. The number of anilines is 1. The number of hydrogen-bond acceptors (Lipinski definition) is 6. The van der Waals surface area contributed by atoms with Crippen molar-refractivity contribution in [3.8, 4) is 0 Å². The van der Waals surface area contributed by atoms with Crippen molar-refractivity contribution in [3.05, 3.63) is 141 Å². The molecule has 2 atom stereocenters. The van der Waals surface area contributed by atoms with E-state index in [-0.39, 0.29) is 23.7 Å². The molecule has 0 spiro atoms. The summed E-state index contributed by atoms with van der Waals surface area (Å²) in [7, 11) is 0. The van der Waals surface area contributed by atoms with Gasteiger partial charge < -0.3 is 0 Å². The first kappa shape index (κ1) is 27.4. The highest BCUT2D eigenvalue weighted by Crippen LogP contribution is 2.64. The summed E-state index contributed by atoms with van der Waals surface area (Å²) in [5, 5.41) is 16.5. The van der Waals surface area contributed by atoms with E-state index in [4.69, 9.17) is 0 Å². The van der Waals surface area contributed by atoms with Crippen molar-refractivity contribution in [2.24, 2.45) is 16.9 Å². The molecule has 1 aliphatic heterocycles. The Labute approximate surface area is 253 Å². The molecular weight excluding hydrogens is 556 g/mol. The van der Waals surface area contributed by atoms with Crippen molar-refractivity contribution in [2.45, 2.75) is 31.1 Å². The average molecular weight is 585 g/mol. The molecular formula is C35H28N4O5. The van der Waals surface area contributed by atoms with Gasteiger partial charge in [-0.05, 0) is 52.8 Å². The van der Waals surface area contributed by atoms with Gasteiger partial charge in [-0.2, -0.15) is 5.10 Å². The van der Waals surface area contributed by atoms with Gasteiger partial charge >= 0.3 is 0 Å². The molecule has 9 heteroatoms. The first-order valence-corrected chi connectivity index (χ1v) is 14.5. The molecule has 4 aromatic carbocycles. The van der Waals surface area contributed by atoms with Crippen molar-refractivity contribution < 1.29 is 19.3 Å². The molecule has 1 saturated heterocycles. The Bertz CT molecular complexity index is 1840. The van der Waals surface area contributed by atoms with E-state index in [9.17, 15) is 24.5 Å². The van der Waals surface area contributed by atoms with Crippen LogP contribution in [0.5, 0.6) is 0 Å². The van der Waals surface area contributed by atoms with Crippen molar-refractivity contribution in [2.75, 3.05) is 4.90 Å². The monoisotopic (exact) mass is 584 g/mol. The molecule has 4 aromatic rings. The second-order valence-corrected chi connectivity index (χ2v) is 11.6. The van der Waals surface area contributed by atoms with Crippen LogP contribution in [0, 0.1) is 28.9 Å². The molecule has 3 aliphatic carbocycles. The summed E-state index contributed by atoms with van der Waals surface area (Å²) in [5.41, 5.74) is 6.23. The van der Waals surface area contributed by atoms with Crippen molar-refractivity contribution >= 4 is 35.3 Å². The highest BCUT2D eigenvalue weighted by Gasteiger charge is 2.68. The molecule has 0 saturated carbocycles. The standard InChI is InChI=1S/C35H28N4O5/c1-21-15-17-27(28(19-21)39(43)44)38-33(41)31-30-23-11-5-7-13-25(23)35(32(31)34(38)42,26-14-8-6-12-24(26)30)20-36-37-29(40)18-16-22-9-3-2-4-10-22/h2-15,17,19-20,30-32H,16,18H2,1H3,(H,37,40)/b36-20-/t30?,31-,32-,35?/m0/s1. The van der Waals surface area contributed by atoms with Crippen LogP contribution in [0.25, 0.3) is 0 Å². The molecule has 4 aliphatic rings. The van der Waals surface area contributed by atoms with E-state index in [0.29, 0.717) is 12.0 Å². The molecule has 0 radical (unpaired) electrons. The van der Waals surface area contributed by atoms with Crippen LogP contribution in [0.1, 0.15) is 45.7 Å². The van der Waals surface area contributed by atoms with Crippen molar-refractivity contribution in [3.63, 3.8) is 0 Å². The van der Waals surface area contributed by atoms with E-state index in [1.807, 2.05) is 78.9 Å². The fraction of sp³-hybridized carbons (Fsp3) is 0.200. The Balaban J connectivity index is 1.34. The first-order chi connectivity index (χ1) is 21.3. The number of hydrogen-bond donors (Lipinski definition) is 1. The summed E-state index contributed by atoms with van der Waals surface area (Å²) in [4.78, 5) is 54.2. The molecule has 1 heterocycles. The van der Waals surface area contributed by atoms with Gasteiger partial charge in [0.25, 0.3) is 5.69 Å². The predicted octanol–water partition coefficient (Wildman–Crippen LogP) is 5.19. The van der Waals surface area contributed by atoms with Gasteiger partial charge in [-0.25, -0.2) is 10.3 Å². The molecule has 1 N–H and O–H groups in total. The number of nitrogens with zero attached hydrogens (tertiary/aromatic N) is 3. The molecule has 3 amide bonds. The molecule has 0 aromatic heterocycles. The zero-order valence-electron chi connectivity index (χ0n) is 23.8. The molecule has 9 nitrogen and oxygen atoms in total. The smallest absolute Gasteiger partial charge is 0.274 e. The van der Waals surface area contributed by atoms with Crippen molar-refractivity contribution in [1.82, 2.24) is 5.43 Å². The van der Waals surface area contributed by atoms with Crippen LogP contribution < -0.4 is 10.3 Å². The van der Waals surface area contributed by atoms with Gasteiger partial charge in [-0.3, -0.25) is 24.5 Å². The number of carbonyl (C=O) groups excluding carboxylic acids is 3. The first-order valence-electron chi connectivity index (χ1n) is 14.5. The lowest BCUT2D eigenvalue weighted by molar-refractivity contribution is -0.384. The highest BCUT2D eigenvalue weighted by molar-refractivity contribution is 6.25. The second-order valence-electron chi connectivity index (χ2n) is 11.6. The topological polar surface area (TPSA) is 122 Å². The molecule has 1 fully saturated rings. The summed E-state index contributed by atoms with van der Waals surface area (Å²) in [6.07, 6.45) is 2.36. The number of carbonyl (C=O) groups is 3. The largest absolute Gasteiger partial charge is 0.293 e. The Hall–Kier alpha value is -5.44.